The lowest BCUT2D eigenvalue weighted by Crippen LogP contribution is -1.90. The Morgan fingerprint density at radius 1 is 1.00 bits per heavy atom. The van der Waals surface area contributed by atoms with Gasteiger partial charge in [0.25, 0.3) is 0 Å². The molecule has 0 unspecified atom stereocenters. The molecular formula is C12H13N2+. The molecule has 14 heavy (non-hydrogen) atoms. The minimum absolute atomic E-state index is 0.959. The molecule has 0 atom stereocenters. The molecule has 0 saturated carbocycles. The van der Waals surface area contributed by atoms with E-state index in [0.717, 1.165) is 25.4 Å². The average Bonchev–Trinajstić information content (AvgIpc) is 2.72. The van der Waals surface area contributed by atoms with E-state index in [1.165, 1.54) is 5.56 Å². The predicted molar refractivity (Wildman–Crippen MR) is 59.6 cm³/mol. The van der Waals surface area contributed by atoms with E-state index in [1.807, 2.05) is 6.07 Å². The average molecular weight is 185 g/mol. The van der Waals surface area contributed by atoms with Crippen molar-refractivity contribution in [1.29, 1.82) is 0 Å². The summed E-state index contributed by atoms with van der Waals surface area (Å²) in [6.45, 7) is 0. The lowest BCUT2D eigenvalue weighted by molar-refractivity contribution is 0.728. The van der Waals surface area contributed by atoms with E-state index in [9.17, 15) is 0 Å². The molecule has 0 bridgehead atoms. The Morgan fingerprint density at radius 2 is 1.71 bits per heavy atom. The van der Waals surface area contributed by atoms with Crippen molar-refractivity contribution >= 4 is 12.4 Å². The summed E-state index contributed by atoms with van der Waals surface area (Å²) in [6.07, 6.45) is 7.65. The van der Waals surface area contributed by atoms with Crippen molar-refractivity contribution in [3.05, 3.63) is 42.1 Å². The largest absolute Gasteiger partial charge is 0.240 e. The molecule has 1 heterocycles. The van der Waals surface area contributed by atoms with E-state index in [4.69, 9.17) is 0 Å². The Balaban J connectivity index is 1.73. The van der Waals surface area contributed by atoms with Gasteiger partial charge in [-0.1, -0.05) is 40.3 Å². The van der Waals surface area contributed by atoms with Gasteiger partial charge in [-0.2, -0.15) is 0 Å². The van der Waals surface area contributed by atoms with Crippen LogP contribution in [-0.2, 0) is 6.42 Å². The van der Waals surface area contributed by atoms with Gasteiger partial charge in [0, 0.05) is 0 Å². The molecule has 0 radical (unpaired) electrons. The zero-order valence-electron chi connectivity index (χ0n) is 8.06. The molecule has 0 aliphatic carbocycles. The second-order valence-corrected chi connectivity index (χ2v) is 3.31. The summed E-state index contributed by atoms with van der Waals surface area (Å²) in [5.41, 5.74) is 1.39. The minimum atomic E-state index is 0.959. The number of aliphatic imine (C=N–C) groups is 2. The first kappa shape index (κ1) is 9.00. The lowest BCUT2D eigenvalue weighted by atomic mass is 10.1. The maximum absolute atomic E-state index is 4.14. The van der Waals surface area contributed by atoms with Crippen molar-refractivity contribution in [2.75, 3.05) is 0 Å². The van der Waals surface area contributed by atoms with Crippen molar-refractivity contribution in [2.45, 2.75) is 19.3 Å². The normalized spacial score (nSPS) is 13.9. The van der Waals surface area contributed by atoms with Crippen LogP contribution < -0.4 is 0 Å². The van der Waals surface area contributed by atoms with Gasteiger partial charge in [0.15, 0.2) is 12.4 Å². The molecular weight excluding hydrogens is 172 g/mol. The van der Waals surface area contributed by atoms with Gasteiger partial charge in [-0.3, -0.25) is 0 Å². The molecule has 1 aliphatic heterocycles. The van der Waals surface area contributed by atoms with E-state index < -0.39 is 0 Å². The fraction of sp³-hybridized carbons (Fsp3) is 0.250. The van der Waals surface area contributed by atoms with Gasteiger partial charge in [0.2, 0.25) is 6.17 Å². The first-order chi connectivity index (χ1) is 6.95. The Labute approximate surface area is 84.4 Å². The molecule has 2 nitrogen and oxygen atoms in total. The number of hydrogen-bond acceptors (Lipinski definition) is 2. The van der Waals surface area contributed by atoms with Gasteiger partial charge in [0.05, 0.1) is 6.42 Å². The van der Waals surface area contributed by atoms with Crippen LogP contribution in [0.15, 0.2) is 40.3 Å². The van der Waals surface area contributed by atoms with Gasteiger partial charge < -0.3 is 0 Å². The van der Waals surface area contributed by atoms with Crippen LogP contribution in [0, 0.1) is 6.17 Å². The summed E-state index contributed by atoms with van der Waals surface area (Å²) in [7, 11) is 0. The van der Waals surface area contributed by atoms with Crippen LogP contribution in [0.3, 0.4) is 0 Å². The number of aryl methyl sites for hydroxylation is 1. The smallest absolute Gasteiger partial charge is 0.0968 e. The van der Waals surface area contributed by atoms with Crippen LogP contribution in [0.4, 0.5) is 0 Å². The monoisotopic (exact) mass is 185 g/mol. The molecule has 1 aromatic carbocycles. The molecule has 2 rings (SSSR count). The minimum Gasteiger partial charge on any atom is -0.0968 e. The fourth-order valence-electron chi connectivity index (χ4n) is 1.50. The Morgan fingerprint density at radius 3 is 2.43 bits per heavy atom. The zero-order chi connectivity index (χ0) is 9.64. The van der Waals surface area contributed by atoms with Gasteiger partial charge in [-0.05, 0) is 18.4 Å². The highest BCUT2D eigenvalue weighted by Crippen LogP contribution is 2.16. The number of nitrogens with zero attached hydrogens (tertiary/aromatic N) is 2. The second kappa shape index (κ2) is 4.61. The number of rotatable bonds is 4. The maximum atomic E-state index is 4.14. The fourth-order valence-corrected chi connectivity index (χ4v) is 1.50. The van der Waals surface area contributed by atoms with Crippen LogP contribution in [0.1, 0.15) is 18.4 Å². The van der Waals surface area contributed by atoms with Crippen LogP contribution in [0.2, 0.25) is 0 Å². The molecule has 0 saturated heterocycles. The topological polar surface area (TPSA) is 24.7 Å². The van der Waals surface area contributed by atoms with Crippen LogP contribution >= 0.6 is 0 Å². The van der Waals surface area contributed by atoms with Gasteiger partial charge in [-0.25, -0.2) is 0 Å². The quantitative estimate of drug-likeness (QED) is 0.644. The molecule has 0 spiro atoms. The molecule has 2 heteroatoms. The van der Waals surface area contributed by atoms with E-state index in [2.05, 4.69) is 34.3 Å². The van der Waals surface area contributed by atoms with Crippen LogP contribution in [-0.4, -0.2) is 12.4 Å². The van der Waals surface area contributed by atoms with Gasteiger partial charge >= 0.3 is 0 Å². The summed E-state index contributed by atoms with van der Waals surface area (Å²) in [4.78, 5) is 8.27. The second-order valence-electron chi connectivity index (χ2n) is 3.31. The van der Waals surface area contributed by atoms with E-state index in [0.29, 0.717) is 0 Å². The summed E-state index contributed by atoms with van der Waals surface area (Å²) in [5, 5.41) is 0. The standard InChI is InChI=1S/C12H13N2/c1-2-5-11(6-3-1)7-4-8-12-13-9-10-14-12/h1-3,5-6,9-10H,4,7-8H2/q+1. The Bertz CT molecular complexity index is 315. The maximum Gasteiger partial charge on any atom is 0.240 e. The number of benzene rings is 1. The SMILES string of the molecule is C1=N[C+](CCCc2ccccc2)N=C1. The van der Waals surface area contributed by atoms with Crippen molar-refractivity contribution in [3.8, 4) is 0 Å². The third-order valence-corrected chi connectivity index (χ3v) is 2.22. The highest BCUT2D eigenvalue weighted by Gasteiger charge is 2.14. The van der Waals surface area contributed by atoms with Crippen molar-refractivity contribution < 1.29 is 0 Å². The lowest BCUT2D eigenvalue weighted by Gasteiger charge is -1.99. The highest BCUT2D eigenvalue weighted by atomic mass is 15.0. The number of hydrogen-bond donors (Lipinski definition) is 0. The van der Waals surface area contributed by atoms with E-state index in [-0.39, 0.29) is 0 Å². The summed E-state index contributed by atoms with van der Waals surface area (Å²) in [6, 6.07) is 10.5. The molecule has 0 fully saturated rings. The molecule has 0 aromatic heterocycles. The first-order valence-electron chi connectivity index (χ1n) is 4.91. The van der Waals surface area contributed by atoms with E-state index in [1.54, 1.807) is 12.4 Å². The molecule has 0 N–H and O–H groups in total. The van der Waals surface area contributed by atoms with Gasteiger partial charge in [-0.15, -0.1) is 0 Å². The predicted octanol–water partition coefficient (Wildman–Crippen LogP) is 2.65. The molecule has 70 valence electrons. The summed E-state index contributed by atoms with van der Waals surface area (Å²) < 4.78 is 0. The molecule has 1 aromatic rings. The van der Waals surface area contributed by atoms with Gasteiger partial charge in [0.1, 0.15) is 0 Å². The molecule has 0 amide bonds. The summed E-state index contributed by atoms with van der Waals surface area (Å²) in [5.74, 6) is 0. The third-order valence-electron chi connectivity index (χ3n) is 2.22. The summed E-state index contributed by atoms with van der Waals surface area (Å²) >= 11 is 0. The molecule has 1 aliphatic rings. The Kier molecular flexibility index (Phi) is 2.96. The van der Waals surface area contributed by atoms with Crippen LogP contribution in [0.25, 0.3) is 0 Å². The van der Waals surface area contributed by atoms with Crippen LogP contribution in [0.5, 0.6) is 0 Å². The Hall–Kier alpha value is -1.57. The van der Waals surface area contributed by atoms with Crippen molar-refractivity contribution in [3.63, 3.8) is 0 Å². The zero-order valence-corrected chi connectivity index (χ0v) is 8.06. The van der Waals surface area contributed by atoms with Crippen molar-refractivity contribution in [2.24, 2.45) is 9.98 Å². The third kappa shape index (κ3) is 2.46. The van der Waals surface area contributed by atoms with E-state index >= 15 is 0 Å². The first-order valence-corrected chi connectivity index (χ1v) is 4.91. The van der Waals surface area contributed by atoms with Crippen molar-refractivity contribution in [1.82, 2.24) is 0 Å². The highest BCUT2D eigenvalue weighted by molar-refractivity contribution is 6.18.